The fraction of sp³-hybridized carbons (Fsp3) is 0.143. The number of hydrogen-bond donors (Lipinski definition) is 2. The summed E-state index contributed by atoms with van der Waals surface area (Å²) >= 11 is 0. The molecule has 1 atom stereocenters. The van der Waals surface area contributed by atoms with Crippen LogP contribution in [0, 0.1) is 0 Å². The summed E-state index contributed by atoms with van der Waals surface area (Å²) in [6.45, 7) is 0.483. The lowest BCUT2D eigenvalue weighted by atomic mass is 10.0. The van der Waals surface area contributed by atoms with Crippen molar-refractivity contribution in [2.24, 2.45) is 5.90 Å². The largest absolute Gasteiger partial charge is 0.479 e. The second-order valence-corrected chi connectivity index (χ2v) is 4.19. The number of nitrogens with two attached hydrogens (primary N) is 1. The highest BCUT2D eigenvalue weighted by Gasteiger charge is 2.16. The molecule has 0 amide bonds. The highest BCUT2D eigenvalue weighted by atomic mass is 16.6. The molecule has 1 aromatic carbocycles. The van der Waals surface area contributed by atoms with Crippen LogP contribution in [0.1, 0.15) is 5.56 Å². The molecule has 0 fully saturated rings. The SMILES string of the molecule is NOC(/C=C(\Cn1ccnc1)c1ccccc1)C(=O)O. The zero-order chi connectivity index (χ0) is 14.4. The van der Waals surface area contributed by atoms with Gasteiger partial charge in [0.1, 0.15) is 0 Å². The average molecular weight is 273 g/mol. The van der Waals surface area contributed by atoms with Crippen molar-refractivity contribution in [2.45, 2.75) is 12.6 Å². The van der Waals surface area contributed by atoms with Crippen LogP contribution in [-0.4, -0.2) is 26.7 Å². The van der Waals surface area contributed by atoms with Crippen LogP contribution >= 0.6 is 0 Å². The third-order valence-electron chi connectivity index (χ3n) is 2.80. The molecule has 0 aliphatic carbocycles. The zero-order valence-corrected chi connectivity index (χ0v) is 10.7. The highest BCUT2D eigenvalue weighted by molar-refractivity contribution is 5.79. The number of allylic oxidation sites excluding steroid dienone is 1. The van der Waals surface area contributed by atoms with Gasteiger partial charge in [-0.05, 0) is 17.2 Å². The molecule has 20 heavy (non-hydrogen) atoms. The maximum absolute atomic E-state index is 11.0. The minimum absolute atomic E-state index is 0.483. The lowest BCUT2D eigenvalue weighted by Crippen LogP contribution is -2.25. The Kier molecular flexibility index (Phi) is 4.65. The molecule has 3 N–H and O–H groups in total. The number of aliphatic carboxylic acids is 1. The van der Waals surface area contributed by atoms with Crippen LogP contribution in [0.25, 0.3) is 5.57 Å². The van der Waals surface area contributed by atoms with E-state index in [-0.39, 0.29) is 0 Å². The van der Waals surface area contributed by atoms with Gasteiger partial charge >= 0.3 is 5.97 Å². The first kappa shape index (κ1) is 14.0. The third-order valence-corrected chi connectivity index (χ3v) is 2.80. The molecule has 6 heteroatoms. The number of rotatable bonds is 6. The average Bonchev–Trinajstić information content (AvgIpc) is 2.97. The van der Waals surface area contributed by atoms with E-state index in [4.69, 9.17) is 11.0 Å². The van der Waals surface area contributed by atoms with Crippen LogP contribution in [0.2, 0.25) is 0 Å². The lowest BCUT2D eigenvalue weighted by molar-refractivity contribution is -0.147. The van der Waals surface area contributed by atoms with Crippen molar-refractivity contribution >= 4 is 11.5 Å². The fourth-order valence-corrected chi connectivity index (χ4v) is 1.82. The molecule has 104 valence electrons. The van der Waals surface area contributed by atoms with E-state index in [2.05, 4.69) is 9.82 Å². The normalized spacial score (nSPS) is 13.2. The third kappa shape index (κ3) is 3.53. The Morgan fingerprint density at radius 1 is 1.45 bits per heavy atom. The Hall–Kier alpha value is -2.44. The summed E-state index contributed by atoms with van der Waals surface area (Å²) in [5.41, 5.74) is 1.70. The number of carboxylic acids is 1. The standard InChI is InChI=1S/C14H15N3O3/c15-20-13(14(18)19)8-12(9-17-7-6-16-10-17)11-4-2-1-3-5-11/h1-8,10,13H,9,15H2,(H,18,19)/b12-8+. The van der Waals surface area contributed by atoms with Gasteiger partial charge in [0.05, 0.1) is 6.33 Å². The Balaban J connectivity index is 2.33. The van der Waals surface area contributed by atoms with Gasteiger partial charge in [0.15, 0.2) is 6.10 Å². The summed E-state index contributed by atoms with van der Waals surface area (Å²) in [4.78, 5) is 19.5. The number of carbonyl (C=O) groups is 1. The van der Waals surface area contributed by atoms with Crippen molar-refractivity contribution in [2.75, 3.05) is 0 Å². The van der Waals surface area contributed by atoms with Gasteiger partial charge in [0, 0.05) is 18.9 Å². The van der Waals surface area contributed by atoms with Crippen LogP contribution in [0.4, 0.5) is 0 Å². The minimum Gasteiger partial charge on any atom is -0.479 e. The van der Waals surface area contributed by atoms with E-state index in [1.54, 1.807) is 18.7 Å². The summed E-state index contributed by atoms with van der Waals surface area (Å²) in [6.07, 6.45) is 5.44. The van der Waals surface area contributed by atoms with Crippen molar-refractivity contribution < 1.29 is 14.7 Å². The van der Waals surface area contributed by atoms with Gasteiger partial charge in [0.2, 0.25) is 0 Å². The van der Waals surface area contributed by atoms with Crippen molar-refractivity contribution in [3.05, 3.63) is 60.7 Å². The molecule has 0 radical (unpaired) electrons. The molecule has 2 rings (SSSR count). The van der Waals surface area contributed by atoms with Gasteiger partial charge in [-0.2, -0.15) is 0 Å². The van der Waals surface area contributed by atoms with E-state index < -0.39 is 12.1 Å². The molecule has 1 heterocycles. The molecule has 1 unspecified atom stereocenters. The summed E-state index contributed by atoms with van der Waals surface area (Å²) < 4.78 is 1.84. The Morgan fingerprint density at radius 3 is 2.75 bits per heavy atom. The van der Waals surface area contributed by atoms with Gasteiger partial charge < -0.3 is 9.67 Å². The second-order valence-electron chi connectivity index (χ2n) is 4.19. The van der Waals surface area contributed by atoms with Crippen molar-refractivity contribution in [3.8, 4) is 0 Å². The van der Waals surface area contributed by atoms with Gasteiger partial charge in [-0.25, -0.2) is 15.7 Å². The maximum Gasteiger partial charge on any atom is 0.339 e. The molecule has 0 saturated carbocycles. The molecular weight excluding hydrogens is 258 g/mol. The number of nitrogens with zero attached hydrogens (tertiary/aromatic N) is 2. The summed E-state index contributed by atoms with van der Waals surface area (Å²) in [6, 6.07) is 9.47. The van der Waals surface area contributed by atoms with Crippen LogP contribution in [0.3, 0.4) is 0 Å². The molecule has 0 saturated heterocycles. The van der Waals surface area contributed by atoms with E-state index >= 15 is 0 Å². The van der Waals surface area contributed by atoms with E-state index in [0.717, 1.165) is 11.1 Å². The molecule has 1 aromatic heterocycles. The molecule has 0 aliphatic heterocycles. The van der Waals surface area contributed by atoms with Crippen molar-refractivity contribution in [1.82, 2.24) is 9.55 Å². The first-order valence-electron chi connectivity index (χ1n) is 6.01. The van der Waals surface area contributed by atoms with Crippen LogP contribution in [0.15, 0.2) is 55.1 Å². The van der Waals surface area contributed by atoms with E-state index in [0.29, 0.717) is 6.54 Å². The first-order valence-corrected chi connectivity index (χ1v) is 6.01. The smallest absolute Gasteiger partial charge is 0.339 e. The Morgan fingerprint density at radius 2 is 2.20 bits per heavy atom. The molecule has 2 aromatic rings. The molecular formula is C14H15N3O3. The highest BCUT2D eigenvalue weighted by Crippen LogP contribution is 2.17. The Labute approximate surface area is 116 Å². The van der Waals surface area contributed by atoms with Crippen LogP contribution < -0.4 is 5.90 Å². The minimum atomic E-state index is -1.19. The zero-order valence-electron chi connectivity index (χ0n) is 10.7. The monoisotopic (exact) mass is 273 g/mol. The predicted octanol–water partition coefficient (Wildman–Crippen LogP) is 1.31. The lowest BCUT2D eigenvalue weighted by Gasteiger charge is -2.12. The van der Waals surface area contributed by atoms with Gasteiger partial charge in [-0.15, -0.1) is 0 Å². The summed E-state index contributed by atoms with van der Waals surface area (Å²) in [7, 11) is 0. The van der Waals surface area contributed by atoms with Gasteiger partial charge in [0.25, 0.3) is 0 Å². The van der Waals surface area contributed by atoms with Gasteiger partial charge in [-0.3, -0.25) is 4.84 Å². The predicted molar refractivity (Wildman–Crippen MR) is 73.3 cm³/mol. The van der Waals surface area contributed by atoms with E-state index in [1.807, 2.05) is 34.9 Å². The first-order chi connectivity index (χ1) is 9.70. The summed E-state index contributed by atoms with van der Waals surface area (Å²) in [5.74, 6) is 3.90. The van der Waals surface area contributed by atoms with Crippen LogP contribution in [0.5, 0.6) is 0 Å². The molecule has 0 spiro atoms. The van der Waals surface area contributed by atoms with Gasteiger partial charge in [-0.1, -0.05) is 30.3 Å². The number of benzene rings is 1. The quantitative estimate of drug-likeness (QED) is 0.774. The van der Waals surface area contributed by atoms with Crippen molar-refractivity contribution in [3.63, 3.8) is 0 Å². The van der Waals surface area contributed by atoms with Crippen LogP contribution in [-0.2, 0) is 16.2 Å². The summed E-state index contributed by atoms with van der Waals surface area (Å²) in [5, 5.41) is 9.03. The van der Waals surface area contributed by atoms with Crippen molar-refractivity contribution in [1.29, 1.82) is 0 Å². The topological polar surface area (TPSA) is 90.4 Å². The number of aromatic nitrogens is 2. The van der Waals surface area contributed by atoms with E-state index in [1.165, 1.54) is 6.08 Å². The molecule has 0 aliphatic rings. The fourth-order valence-electron chi connectivity index (χ4n) is 1.82. The number of hydrogen-bond acceptors (Lipinski definition) is 4. The molecule has 0 bridgehead atoms. The molecule has 6 nitrogen and oxygen atoms in total. The van der Waals surface area contributed by atoms with E-state index in [9.17, 15) is 4.79 Å². The Bertz CT molecular complexity index is 579. The number of imidazole rings is 1. The number of carboxylic acid groups (broad SMARTS) is 1. The maximum atomic E-state index is 11.0. The second kappa shape index (κ2) is 6.65.